The Morgan fingerprint density at radius 3 is 2.60 bits per heavy atom. The number of likely N-dealkylation sites (N-methyl/N-ethyl adjacent to an activating group) is 1. The Morgan fingerprint density at radius 2 is 1.90 bits per heavy atom. The number of nitrogens with zero attached hydrogens (tertiary/aromatic N) is 2. The Morgan fingerprint density at radius 1 is 1.20 bits per heavy atom. The molecule has 106 valence electrons. The van der Waals surface area contributed by atoms with Crippen molar-refractivity contribution in [3.63, 3.8) is 0 Å². The quantitative estimate of drug-likeness (QED) is 0.931. The molecule has 20 heavy (non-hydrogen) atoms. The molecule has 0 radical (unpaired) electrons. The summed E-state index contributed by atoms with van der Waals surface area (Å²) in [5.41, 5.74) is 1.78. The zero-order chi connectivity index (χ0) is 14.2. The molecule has 0 aliphatic heterocycles. The monoisotopic (exact) mass is 270 g/mol. The average Bonchev–Trinajstić information content (AvgIpc) is 2.97. The Hall–Kier alpha value is -1.45. The number of para-hydroxylation sites is 1. The van der Waals surface area contributed by atoms with E-state index in [1.54, 1.807) is 0 Å². The van der Waals surface area contributed by atoms with Crippen LogP contribution in [0.5, 0.6) is 0 Å². The van der Waals surface area contributed by atoms with Gasteiger partial charge in [-0.3, -0.25) is 4.98 Å². The highest BCUT2D eigenvalue weighted by Gasteiger charge is 2.43. The van der Waals surface area contributed by atoms with Crippen LogP contribution in [0.1, 0.15) is 37.4 Å². The minimum atomic E-state index is -0.475. The van der Waals surface area contributed by atoms with Crippen molar-refractivity contribution in [2.75, 3.05) is 14.1 Å². The normalized spacial score (nSPS) is 19.6. The van der Waals surface area contributed by atoms with E-state index in [1.165, 1.54) is 12.8 Å². The van der Waals surface area contributed by atoms with E-state index in [1.807, 2.05) is 24.4 Å². The fourth-order valence-electron chi connectivity index (χ4n) is 3.50. The van der Waals surface area contributed by atoms with Gasteiger partial charge < -0.3 is 10.0 Å². The SMILES string of the molecule is CN(C)C1(C(O)c2cnc3ccccc3c2)CCCC1. The van der Waals surface area contributed by atoms with E-state index in [4.69, 9.17) is 0 Å². The molecule has 1 saturated carbocycles. The van der Waals surface area contributed by atoms with E-state index >= 15 is 0 Å². The fraction of sp³-hybridized carbons (Fsp3) is 0.471. The van der Waals surface area contributed by atoms with Crippen LogP contribution in [0.25, 0.3) is 10.9 Å². The predicted molar refractivity (Wildman–Crippen MR) is 81.6 cm³/mol. The smallest absolute Gasteiger partial charge is 0.0988 e. The number of hydrogen-bond donors (Lipinski definition) is 1. The van der Waals surface area contributed by atoms with Crippen molar-refractivity contribution in [3.05, 3.63) is 42.1 Å². The van der Waals surface area contributed by atoms with Gasteiger partial charge in [0, 0.05) is 17.1 Å². The van der Waals surface area contributed by atoms with E-state index < -0.39 is 6.10 Å². The van der Waals surface area contributed by atoms with Crippen molar-refractivity contribution in [2.24, 2.45) is 0 Å². The zero-order valence-electron chi connectivity index (χ0n) is 12.2. The Labute approximate surface area is 120 Å². The molecular weight excluding hydrogens is 248 g/mol. The number of benzene rings is 1. The average molecular weight is 270 g/mol. The summed E-state index contributed by atoms with van der Waals surface area (Å²) in [5.74, 6) is 0. The number of hydrogen-bond acceptors (Lipinski definition) is 3. The highest BCUT2D eigenvalue weighted by Crippen LogP contribution is 2.43. The van der Waals surface area contributed by atoms with Crippen molar-refractivity contribution in [3.8, 4) is 0 Å². The third-order valence-corrected chi connectivity index (χ3v) is 4.80. The molecule has 3 nitrogen and oxygen atoms in total. The number of aliphatic hydroxyl groups is 1. The second-order valence-electron chi connectivity index (χ2n) is 6.07. The van der Waals surface area contributed by atoms with Crippen LogP contribution in [0, 0.1) is 0 Å². The summed E-state index contributed by atoms with van der Waals surface area (Å²) in [7, 11) is 4.14. The number of pyridine rings is 1. The van der Waals surface area contributed by atoms with Crippen molar-refractivity contribution in [1.29, 1.82) is 0 Å². The minimum Gasteiger partial charge on any atom is -0.386 e. The molecule has 1 fully saturated rings. The van der Waals surface area contributed by atoms with E-state index in [0.29, 0.717) is 0 Å². The highest BCUT2D eigenvalue weighted by molar-refractivity contribution is 5.78. The van der Waals surface area contributed by atoms with Crippen LogP contribution in [0.4, 0.5) is 0 Å². The Bertz CT molecular complexity index is 603. The summed E-state index contributed by atoms with van der Waals surface area (Å²) >= 11 is 0. The first-order valence-corrected chi connectivity index (χ1v) is 7.34. The van der Waals surface area contributed by atoms with Gasteiger partial charge in [0.15, 0.2) is 0 Å². The lowest BCUT2D eigenvalue weighted by Crippen LogP contribution is -2.47. The van der Waals surface area contributed by atoms with E-state index in [0.717, 1.165) is 29.3 Å². The predicted octanol–water partition coefficient (Wildman–Crippen LogP) is 3.14. The van der Waals surface area contributed by atoms with Crippen molar-refractivity contribution >= 4 is 10.9 Å². The van der Waals surface area contributed by atoms with Crippen LogP contribution in [-0.2, 0) is 0 Å². The highest BCUT2D eigenvalue weighted by atomic mass is 16.3. The van der Waals surface area contributed by atoms with Crippen LogP contribution in [-0.4, -0.2) is 34.6 Å². The Balaban J connectivity index is 2.00. The van der Waals surface area contributed by atoms with Gasteiger partial charge in [0.2, 0.25) is 0 Å². The van der Waals surface area contributed by atoms with E-state index in [9.17, 15) is 5.11 Å². The van der Waals surface area contributed by atoms with Crippen molar-refractivity contribution in [1.82, 2.24) is 9.88 Å². The van der Waals surface area contributed by atoms with Gasteiger partial charge >= 0.3 is 0 Å². The second kappa shape index (κ2) is 5.15. The lowest BCUT2D eigenvalue weighted by Gasteiger charge is -2.40. The maximum atomic E-state index is 10.9. The van der Waals surface area contributed by atoms with E-state index in [-0.39, 0.29) is 5.54 Å². The Kier molecular flexibility index (Phi) is 3.48. The molecule has 0 spiro atoms. The molecule has 1 atom stereocenters. The molecule has 0 bridgehead atoms. The minimum absolute atomic E-state index is 0.135. The molecule has 1 N–H and O–H groups in total. The van der Waals surface area contributed by atoms with Gasteiger partial charge in [-0.2, -0.15) is 0 Å². The molecule has 1 unspecified atom stereocenters. The summed E-state index contributed by atoms with van der Waals surface area (Å²) < 4.78 is 0. The molecule has 3 heteroatoms. The second-order valence-corrected chi connectivity index (χ2v) is 6.07. The molecule has 0 saturated heterocycles. The number of aromatic nitrogens is 1. The van der Waals surface area contributed by atoms with Gasteiger partial charge in [0.1, 0.15) is 0 Å². The summed E-state index contributed by atoms with van der Waals surface area (Å²) in [4.78, 5) is 6.68. The van der Waals surface area contributed by atoms with Gasteiger partial charge in [0.25, 0.3) is 0 Å². The maximum absolute atomic E-state index is 10.9. The first-order chi connectivity index (χ1) is 9.63. The molecule has 2 aromatic rings. The summed E-state index contributed by atoms with van der Waals surface area (Å²) in [6.07, 6.45) is 5.84. The first kappa shape index (κ1) is 13.5. The molecule has 0 amide bonds. The van der Waals surface area contributed by atoms with Crippen LogP contribution < -0.4 is 0 Å². The number of fused-ring (bicyclic) bond motifs is 1. The van der Waals surface area contributed by atoms with Crippen LogP contribution in [0.15, 0.2) is 36.5 Å². The fourth-order valence-corrected chi connectivity index (χ4v) is 3.50. The number of aliphatic hydroxyl groups excluding tert-OH is 1. The molecular formula is C17H22N2O. The third-order valence-electron chi connectivity index (χ3n) is 4.80. The largest absolute Gasteiger partial charge is 0.386 e. The van der Waals surface area contributed by atoms with Gasteiger partial charge in [-0.15, -0.1) is 0 Å². The molecule has 1 aromatic heterocycles. The molecule has 1 heterocycles. The maximum Gasteiger partial charge on any atom is 0.0988 e. The summed E-state index contributed by atoms with van der Waals surface area (Å²) in [5, 5.41) is 12.0. The molecule has 1 aliphatic rings. The van der Waals surface area contributed by atoms with Gasteiger partial charge in [0.05, 0.1) is 17.2 Å². The third kappa shape index (κ3) is 2.11. The van der Waals surface area contributed by atoms with Crippen LogP contribution in [0.2, 0.25) is 0 Å². The molecule has 3 rings (SSSR count). The van der Waals surface area contributed by atoms with Crippen molar-refractivity contribution in [2.45, 2.75) is 37.3 Å². The topological polar surface area (TPSA) is 36.4 Å². The summed E-state index contributed by atoms with van der Waals surface area (Å²) in [6, 6.07) is 10.1. The lowest BCUT2D eigenvalue weighted by molar-refractivity contribution is -0.00484. The van der Waals surface area contributed by atoms with Crippen LogP contribution in [0.3, 0.4) is 0 Å². The van der Waals surface area contributed by atoms with Gasteiger partial charge in [-0.05, 0) is 39.1 Å². The molecule has 1 aromatic carbocycles. The van der Waals surface area contributed by atoms with Crippen molar-refractivity contribution < 1.29 is 5.11 Å². The summed E-state index contributed by atoms with van der Waals surface area (Å²) in [6.45, 7) is 0. The van der Waals surface area contributed by atoms with E-state index in [2.05, 4.69) is 36.1 Å². The zero-order valence-corrected chi connectivity index (χ0v) is 12.2. The standard InChI is InChI=1S/C17H22N2O/c1-19(2)17(9-5-6-10-17)16(20)14-11-13-7-3-4-8-15(13)18-12-14/h3-4,7-8,11-12,16,20H,5-6,9-10H2,1-2H3. The first-order valence-electron chi connectivity index (χ1n) is 7.34. The lowest BCUT2D eigenvalue weighted by atomic mass is 9.85. The number of rotatable bonds is 3. The van der Waals surface area contributed by atoms with Crippen LogP contribution >= 0.6 is 0 Å². The molecule has 1 aliphatic carbocycles. The van der Waals surface area contributed by atoms with Gasteiger partial charge in [-0.1, -0.05) is 31.0 Å². The van der Waals surface area contributed by atoms with Gasteiger partial charge in [-0.25, -0.2) is 0 Å².